The maximum atomic E-state index is 12.6. The number of hydrogen-bond donors (Lipinski definition) is 1. The Hall–Kier alpha value is -2.67. The van der Waals surface area contributed by atoms with E-state index in [9.17, 15) is 9.59 Å². The molecule has 0 unspecified atom stereocenters. The molecule has 1 fully saturated rings. The second-order valence-electron chi connectivity index (χ2n) is 5.34. The molecule has 23 heavy (non-hydrogen) atoms. The summed E-state index contributed by atoms with van der Waals surface area (Å²) in [6.07, 6.45) is 0.208. The Morgan fingerprint density at radius 2 is 2.04 bits per heavy atom. The molecule has 2 aromatic rings. The van der Waals surface area contributed by atoms with E-state index in [4.69, 9.17) is 14.3 Å². The van der Waals surface area contributed by atoms with Gasteiger partial charge in [-0.3, -0.25) is 4.79 Å². The number of aryl methyl sites for hydroxylation is 1. The van der Waals surface area contributed by atoms with Gasteiger partial charge in [0.25, 0.3) is 5.91 Å². The van der Waals surface area contributed by atoms with Crippen LogP contribution in [0.3, 0.4) is 0 Å². The van der Waals surface area contributed by atoms with Crippen molar-refractivity contribution in [2.75, 3.05) is 19.7 Å². The molecule has 0 radical (unpaired) electrons. The molecule has 1 amide bonds. The number of nitrogens with zero attached hydrogens (tertiary/aromatic N) is 2. The summed E-state index contributed by atoms with van der Waals surface area (Å²) in [6.45, 7) is 2.47. The Kier molecular flexibility index (Phi) is 4.12. The highest BCUT2D eigenvalue weighted by atomic mass is 16.5. The van der Waals surface area contributed by atoms with Crippen LogP contribution in [-0.2, 0) is 9.53 Å². The van der Waals surface area contributed by atoms with E-state index in [2.05, 4.69) is 4.98 Å². The van der Waals surface area contributed by atoms with E-state index < -0.39 is 12.1 Å². The van der Waals surface area contributed by atoms with Gasteiger partial charge in [-0.15, -0.1) is 0 Å². The van der Waals surface area contributed by atoms with Gasteiger partial charge in [-0.1, -0.05) is 29.8 Å². The lowest BCUT2D eigenvalue weighted by atomic mass is 10.1. The van der Waals surface area contributed by atoms with Gasteiger partial charge in [-0.25, -0.2) is 9.78 Å². The summed E-state index contributed by atoms with van der Waals surface area (Å²) >= 11 is 0. The first-order valence-electron chi connectivity index (χ1n) is 7.20. The lowest BCUT2D eigenvalue weighted by Crippen LogP contribution is -2.48. The molecule has 0 saturated carbocycles. The Morgan fingerprint density at radius 1 is 1.30 bits per heavy atom. The van der Waals surface area contributed by atoms with E-state index >= 15 is 0 Å². The molecule has 1 atom stereocenters. The van der Waals surface area contributed by atoms with Crippen LogP contribution < -0.4 is 0 Å². The third kappa shape index (κ3) is 3.09. The fourth-order valence-corrected chi connectivity index (χ4v) is 2.44. The number of carboxylic acids is 1. The highest BCUT2D eigenvalue weighted by molar-refractivity contribution is 5.98. The molecule has 2 heterocycles. The molecule has 1 aliphatic rings. The fraction of sp³-hybridized carbons (Fsp3) is 0.312. The second-order valence-corrected chi connectivity index (χ2v) is 5.34. The van der Waals surface area contributed by atoms with E-state index in [-0.39, 0.29) is 24.8 Å². The molecule has 7 nitrogen and oxygen atoms in total. The first-order chi connectivity index (χ1) is 11.1. The topological polar surface area (TPSA) is 92.9 Å². The van der Waals surface area contributed by atoms with Crippen molar-refractivity contribution >= 4 is 11.9 Å². The molecule has 0 bridgehead atoms. The first-order valence-corrected chi connectivity index (χ1v) is 7.20. The van der Waals surface area contributed by atoms with Gasteiger partial charge in [0.15, 0.2) is 24.0 Å². The average Bonchev–Trinajstić information content (AvgIpc) is 3.04. The molecule has 1 aromatic heterocycles. The number of aromatic nitrogens is 1. The zero-order valence-corrected chi connectivity index (χ0v) is 12.6. The number of amides is 1. The van der Waals surface area contributed by atoms with Crippen molar-refractivity contribution in [3.05, 3.63) is 41.9 Å². The standard InChI is InChI=1S/C16H16N2O5/c1-10-2-4-11(5-3-10)14-13(17-9-23-14)15(19)18-6-7-22-12(8-18)16(20)21/h2-5,9,12H,6-8H2,1H3,(H,20,21)/t12-/m0/s1. The van der Waals surface area contributed by atoms with Crippen LogP contribution in [0, 0.1) is 6.92 Å². The van der Waals surface area contributed by atoms with Gasteiger partial charge in [0, 0.05) is 12.1 Å². The number of carbonyl (C=O) groups excluding carboxylic acids is 1. The summed E-state index contributed by atoms with van der Waals surface area (Å²) in [5.41, 5.74) is 2.03. The molecule has 1 N–H and O–H groups in total. The lowest BCUT2D eigenvalue weighted by molar-refractivity contribution is -0.154. The van der Waals surface area contributed by atoms with Crippen molar-refractivity contribution < 1.29 is 23.8 Å². The van der Waals surface area contributed by atoms with Crippen LogP contribution in [0.15, 0.2) is 35.1 Å². The number of benzene rings is 1. The summed E-state index contributed by atoms with van der Waals surface area (Å²) in [4.78, 5) is 29.1. The monoisotopic (exact) mass is 316 g/mol. The highest BCUT2D eigenvalue weighted by Gasteiger charge is 2.32. The molecule has 3 rings (SSSR count). The number of rotatable bonds is 3. The third-order valence-corrected chi connectivity index (χ3v) is 3.71. The van der Waals surface area contributed by atoms with Crippen LogP contribution >= 0.6 is 0 Å². The Morgan fingerprint density at radius 3 is 2.74 bits per heavy atom. The minimum Gasteiger partial charge on any atom is -0.479 e. The summed E-state index contributed by atoms with van der Waals surface area (Å²) in [6, 6.07) is 7.54. The zero-order chi connectivity index (χ0) is 16.4. The zero-order valence-electron chi connectivity index (χ0n) is 12.6. The fourth-order valence-electron chi connectivity index (χ4n) is 2.44. The summed E-state index contributed by atoms with van der Waals surface area (Å²) in [5.74, 6) is -1.06. The summed E-state index contributed by atoms with van der Waals surface area (Å²) < 4.78 is 10.5. The third-order valence-electron chi connectivity index (χ3n) is 3.71. The van der Waals surface area contributed by atoms with Gasteiger partial charge < -0.3 is 19.2 Å². The summed E-state index contributed by atoms with van der Waals surface area (Å²) in [7, 11) is 0. The van der Waals surface area contributed by atoms with Gasteiger partial charge in [0.1, 0.15) is 0 Å². The highest BCUT2D eigenvalue weighted by Crippen LogP contribution is 2.25. The Bertz CT molecular complexity index is 722. The van der Waals surface area contributed by atoms with Gasteiger partial charge in [0.05, 0.1) is 13.2 Å². The Labute approximate surface area is 132 Å². The lowest BCUT2D eigenvalue weighted by Gasteiger charge is -2.30. The van der Waals surface area contributed by atoms with Crippen LogP contribution in [0.25, 0.3) is 11.3 Å². The largest absolute Gasteiger partial charge is 0.479 e. The minimum absolute atomic E-state index is 0.00559. The van der Waals surface area contributed by atoms with Gasteiger partial charge >= 0.3 is 5.97 Å². The van der Waals surface area contributed by atoms with Gasteiger partial charge in [-0.2, -0.15) is 0 Å². The first kappa shape index (κ1) is 15.2. The van der Waals surface area contributed by atoms with E-state index in [0.717, 1.165) is 11.1 Å². The quantitative estimate of drug-likeness (QED) is 0.924. The number of carbonyl (C=O) groups is 2. The molecule has 0 aliphatic carbocycles. The normalized spacial score (nSPS) is 18.0. The van der Waals surface area contributed by atoms with E-state index in [1.54, 1.807) is 0 Å². The molecule has 0 spiro atoms. The molecule has 120 valence electrons. The number of morpholine rings is 1. The van der Waals surface area contributed by atoms with Gasteiger partial charge in [0.2, 0.25) is 0 Å². The van der Waals surface area contributed by atoms with E-state index in [1.165, 1.54) is 11.3 Å². The number of aliphatic carboxylic acids is 1. The molecular formula is C16H16N2O5. The number of ether oxygens (including phenoxy) is 1. The van der Waals surface area contributed by atoms with Gasteiger partial charge in [-0.05, 0) is 6.92 Å². The van der Waals surface area contributed by atoms with Crippen LogP contribution in [0.4, 0.5) is 0 Å². The van der Waals surface area contributed by atoms with Crippen molar-refractivity contribution in [3.63, 3.8) is 0 Å². The average molecular weight is 316 g/mol. The Balaban J connectivity index is 1.85. The summed E-state index contributed by atoms with van der Waals surface area (Å²) in [5, 5.41) is 9.03. The molecule has 7 heteroatoms. The number of hydrogen-bond acceptors (Lipinski definition) is 5. The van der Waals surface area contributed by atoms with E-state index in [0.29, 0.717) is 12.3 Å². The van der Waals surface area contributed by atoms with Crippen molar-refractivity contribution in [2.45, 2.75) is 13.0 Å². The predicted molar refractivity (Wildman–Crippen MR) is 80.0 cm³/mol. The minimum atomic E-state index is -1.08. The molecular weight excluding hydrogens is 300 g/mol. The predicted octanol–water partition coefficient (Wildman–Crippen LogP) is 1.58. The number of carboxylic acid groups (broad SMARTS) is 1. The van der Waals surface area contributed by atoms with Crippen molar-refractivity contribution in [3.8, 4) is 11.3 Å². The van der Waals surface area contributed by atoms with Crippen LogP contribution in [-0.4, -0.2) is 52.7 Å². The van der Waals surface area contributed by atoms with Crippen LogP contribution in [0.1, 0.15) is 16.1 Å². The number of oxazole rings is 1. The molecule has 1 saturated heterocycles. The molecule has 1 aromatic carbocycles. The van der Waals surface area contributed by atoms with Crippen LogP contribution in [0.5, 0.6) is 0 Å². The SMILES string of the molecule is Cc1ccc(-c2ocnc2C(=O)N2CCO[C@H](C(=O)O)C2)cc1. The molecule has 1 aliphatic heterocycles. The maximum Gasteiger partial charge on any atom is 0.334 e. The van der Waals surface area contributed by atoms with E-state index in [1.807, 2.05) is 31.2 Å². The van der Waals surface area contributed by atoms with Crippen molar-refractivity contribution in [1.29, 1.82) is 0 Å². The van der Waals surface area contributed by atoms with Crippen LogP contribution in [0.2, 0.25) is 0 Å². The van der Waals surface area contributed by atoms with Crippen molar-refractivity contribution in [2.24, 2.45) is 0 Å². The smallest absolute Gasteiger partial charge is 0.334 e. The second kappa shape index (κ2) is 6.21. The van der Waals surface area contributed by atoms with Crippen molar-refractivity contribution in [1.82, 2.24) is 9.88 Å². The maximum absolute atomic E-state index is 12.6.